The minimum atomic E-state index is 0.434. The third kappa shape index (κ3) is 2.07. The molecule has 0 atom stereocenters. The van der Waals surface area contributed by atoms with Crippen LogP contribution in [0.5, 0.6) is 0 Å². The first-order valence-electron chi connectivity index (χ1n) is 3.39. The van der Waals surface area contributed by atoms with Crippen LogP contribution in [0.15, 0.2) is 23.1 Å². The highest BCUT2D eigenvalue weighted by atomic mass is 32.2. The highest BCUT2D eigenvalue weighted by Crippen LogP contribution is 2.23. The quantitative estimate of drug-likeness (QED) is 0.532. The minimum Gasteiger partial charge on any atom is -0.397 e. The van der Waals surface area contributed by atoms with Crippen molar-refractivity contribution in [3.8, 4) is 6.07 Å². The monoisotopic (exact) mass is 179 g/mol. The van der Waals surface area contributed by atoms with Gasteiger partial charge in [0.25, 0.3) is 0 Å². The van der Waals surface area contributed by atoms with E-state index in [-0.39, 0.29) is 0 Å². The molecular formula is C8H9N3S. The number of benzene rings is 1. The second-order valence-corrected chi connectivity index (χ2v) is 3.29. The third-order valence-electron chi connectivity index (χ3n) is 1.36. The van der Waals surface area contributed by atoms with Gasteiger partial charge in [0.05, 0.1) is 23.2 Å². The van der Waals surface area contributed by atoms with Gasteiger partial charge in [-0.1, -0.05) is 0 Å². The Morgan fingerprint density at radius 3 is 2.67 bits per heavy atom. The van der Waals surface area contributed by atoms with Gasteiger partial charge < -0.3 is 11.5 Å². The van der Waals surface area contributed by atoms with E-state index in [1.165, 1.54) is 11.8 Å². The van der Waals surface area contributed by atoms with Crippen LogP contribution in [0.3, 0.4) is 0 Å². The van der Waals surface area contributed by atoms with E-state index in [2.05, 4.69) is 0 Å². The average Bonchev–Trinajstić information content (AvgIpc) is 2.07. The Labute approximate surface area is 75.4 Å². The smallest absolute Gasteiger partial charge is 0.0855 e. The number of hydrogen-bond acceptors (Lipinski definition) is 4. The molecule has 12 heavy (non-hydrogen) atoms. The Morgan fingerprint density at radius 1 is 1.33 bits per heavy atom. The van der Waals surface area contributed by atoms with E-state index in [0.29, 0.717) is 17.1 Å². The number of nitrogens with two attached hydrogens (primary N) is 2. The zero-order valence-electron chi connectivity index (χ0n) is 6.45. The molecule has 0 aliphatic heterocycles. The van der Waals surface area contributed by atoms with Crippen LogP contribution in [-0.2, 0) is 0 Å². The summed E-state index contributed by atoms with van der Waals surface area (Å²) in [6.07, 6.45) is 0. The van der Waals surface area contributed by atoms with Gasteiger partial charge in [-0.2, -0.15) is 5.26 Å². The molecule has 0 fully saturated rings. The first kappa shape index (κ1) is 8.75. The molecule has 0 saturated carbocycles. The summed E-state index contributed by atoms with van der Waals surface area (Å²) in [7, 11) is 0. The van der Waals surface area contributed by atoms with Gasteiger partial charge in [0.2, 0.25) is 0 Å². The number of nitriles is 1. The van der Waals surface area contributed by atoms with Crippen molar-refractivity contribution in [2.75, 3.05) is 17.2 Å². The Balaban J connectivity index is 2.77. The number of nitrogens with zero attached hydrogens (tertiary/aromatic N) is 1. The summed E-state index contributed by atoms with van der Waals surface area (Å²) in [5, 5.41) is 8.32. The average molecular weight is 179 g/mol. The van der Waals surface area contributed by atoms with Gasteiger partial charge >= 0.3 is 0 Å². The van der Waals surface area contributed by atoms with Gasteiger partial charge in [-0.25, -0.2) is 0 Å². The molecule has 0 aromatic heterocycles. The number of rotatable bonds is 2. The molecule has 0 bridgehead atoms. The zero-order chi connectivity index (χ0) is 8.97. The van der Waals surface area contributed by atoms with Gasteiger partial charge in [0.1, 0.15) is 0 Å². The topological polar surface area (TPSA) is 75.8 Å². The summed E-state index contributed by atoms with van der Waals surface area (Å²) in [5.41, 5.74) is 12.2. The van der Waals surface area contributed by atoms with Crippen LogP contribution in [0.2, 0.25) is 0 Å². The van der Waals surface area contributed by atoms with Crippen LogP contribution >= 0.6 is 11.8 Å². The van der Waals surface area contributed by atoms with Crippen LogP contribution in [0.1, 0.15) is 0 Å². The first-order chi connectivity index (χ1) is 5.74. The van der Waals surface area contributed by atoms with Gasteiger partial charge in [-0.15, -0.1) is 11.8 Å². The lowest BCUT2D eigenvalue weighted by Crippen LogP contribution is -1.93. The minimum absolute atomic E-state index is 0.434. The Kier molecular flexibility index (Phi) is 2.83. The molecule has 1 rings (SSSR count). The van der Waals surface area contributed by atoms with Crippen molar-refractivity contribution in [2.45, 2.75) is 4.90 Å². The summed E-state index contributed by atoms with van der Waals surface area (Å²) < 4.78 is 0. The maximum absolute atomic E-state index is 8.32. The molecule has 1 aromatic rings. The lowest BCUT2D eigenvalue weighted by atomic mass is 10.3. The predicted octanol–water partition coefficient (Wildman–Crippen LogP) is 1.47. The van der Waals surface area contributed by atoms with Crippen molar-refractivity contribution in [1.82, 2.24) is 0 Å². The standard InChI is InChI=1S/C8H9N3S/c9-3-4-12-6-1-2-7(10)8(11)5-6/h1-2,5H,4,10-11H2. The molecule has 0 spiro atoms. The predicted molar refractivity (Wildman–Crippen MR) is 51.6 cm³/mol. The fraction of sp³-hybridized carbons (Fsp3) is 0.125. The van der Waals surface area contributed by atoms with Crippen LogP contribution < -0.4 is 11.5 Å². The molecule has 0 aliphatic rings. The zero-order valence-corrected chi connectivity index (χ0v) is 7.27. The normalized spacial score (nSPS) is 9.25. The molecule has 1 aromatic carbocycles. The van der Waals surface area contributed by atoms with E-state index in [9.17, 15) is 0 Å². The second kappa shape index (κ2) is 3.88. The molecule has 62 valence electrons. The molecule has 4 N–H and O–H groups in total. The van der Waals surface area contributed by atoms with E-state index in [1.807, 2.05) is 12.1 Å². The highest BCUT2D eigenvalue weighted by molar-refractivity contribution is 7.99. The van der Waals surface area contributed by atoms with Crippen molar-refractivity contribution in [2.24, 2.45) is 0 Å². The maximum atomic E-state index is 8.32. The third-order valence-corrected chi connectivity index (χ3v) is 2.22. The summed E-state index contributed by atoms with van der Waals surface area (Å²) in [5.74, 6) is 0.434. The molecule has 3 nitrogen and oxygen atoms in total. The summed E-state index contributed by atoms with van der Waals surface area (Å²) in [6.45, 7) is 0. The molecule has 0 unspecified atom stereocenters. The Hall–Kier alpha value is -1.34. The van der Waals surface area contributed by atoms with Gasteiger partial charge in [0, 0.05) is 4.90 Å². The fourth-order valence-corrected chi connectivity index (χ4v) is 1.36. The lowest BCUT2D eigenvalue weighted by Gasteiger charge is -2.01. The van der Waals surface area contributed by atoms with Crippen molar-refractivity contribution in [1.29, 1.82) is 5.26 Å². The van der Waals surface area contributed by atoms with Crippen LogP contribution in [0.25, 0.3) is 0 Å². The largest absolute Gasteiger partial charge is 0.397 e. The number of anilines is 2. The molecule has 0 saturated heterocycles. The van der Waals surface area contributed by atoms with E-state index in [1.54, 1.807) is 12.1 Å². The van der Waals surface area contributed by atoms with E-state index in [0.717, 1.165) is 4.90 Å². The van der Waals surface area contributed by atoms with Crippen LogP contribution in [-0.4, -0.2) is 5.75 Å². The van der Waals surface area contributed by atoms with Crippen LogP contribution in [0.4, 0.5) is 11.4 Å². The summed E-state index contributed by atoms with van der Waals surface area (Å²) in [4.78, 5) is 0.975. The van der Waals surface area contributed by atoms with E-state index < -0.39 is 0 Å². The highest BCUT2D eigenvalue weighted by Gasteiger charge is 1.96. The summed E-state index contributed by atoms with van der Waals surface area (Å²) in [6, 6.07) is 7.42. The van der Waals surface area contributed by atoms with Crippen molar-refractivity contribution in [3.05, 3.63) is 18.2 Å². The first-order valence-corrected chi connectivity index (χ1v) is 4.37. The van der Waals surface area contributed by atoms with Gasteiger partial charge in [-0.3, -0.25) is 0 Å². The molecular weight excluding hydrogens is 170 g/mol. The molecule has 0 heterocycles. The van der Waals surface area contributed by atoms with Crippen LogP contribution in [0, 0.1) is 11.3 Å². The number of nitrogen functional groups attached to an aromatic ring is 2. The van der Waals surface area contributed by atoms with Gasteiger partial charge in [0.15, 0.2) is 0 Å². The maximum Gasteiger partial charge on any atom is 0.0855 e. The molecule has 0 radical (unpaired) electrons. The molecule has 4 heteroatoms. The Morgan fingerprint density at radius 2 is 2.08 bits per heavy atom. The number of hydrogen-bond donors (Lipinski definition) is 2. The van der Waals surface area contributed by atoms with Crippen molar-refractivity contribution in [3.63, 3.8) is 0 Å². The summed E-state index contributed by atoms with van der Waals surface area (Å²) >= 11 is 1.45. The Bertz CT molecular complexity index is 317. The van der Waals surface area contributed by atoms with E-state index in [4.69, 9.17) is 16.7 Å². The van der Waals surface area contributed by atoms with Crippen molar-refractivity contribution < 1.29 is 0 Å². The molecule has 0 amide bonds. The second-order valence-electron chi connectivity index (χ2n) is 2.24. The van der Waals surface area contributed by atoms with Crippen molar-refractivity contribution >= 4 is 23.1 Å². The van der Waals surface area contributed by atoms with Gasteiger partial charge in [-0.05, 0) is 18.2 Å². The SMILES string of the molecule is N#CCSc1ccc(N)c(N)c1. The van der Waals surface area contributed by atoms with E-state index >= 15 is 0 Å². The molecule has 0 aliphatic carbocycles. The fourth-order valence-electron chi connectivity index (χ4n) is 0.758. The number of thioether (sulfide) groups is 1. The lowest BCUT2D eigenvalue weighted by molar-refractivity contribution is 1.45.